The van der Waals surface area contributed by atoms with Crippen LogP contribution in [0.15, 0.2) is 36.5 Å². The Morgan fingerprint density at radius 1 is 1.30 bits per heavy atom. The summed E-state index contributed by atoms with van der Waals surface area (Å²) in [6.07, 6.45) is 2.50. The molecule has 2 heterocycles. The second-order valence-corrected chi connectivity index (χ2v) is 6.28. The predicted octanol–water partition coefficient (Wildman–Crippen LogP) is 1.01. The number of fused-ring (bicyclic) bond motifs is 1. The van der Waals surface area contributed by atoms with E-state index in [0.717, 1.165) is 17.7 Å². The van der Waals surface area contributed by atoms with Crippen LogP contribution >= 0.6 is 0 Å². The third kappa shape index (κ3) is 4.79. The minimum absolute atomic E-state index is 0.115. The molecule has 0 bridgehead atoms. The molecule has 1 aromatic carbocycles. The third-order valence-electron chi connectivity index (χ3n) is 4.36. The van der Waals surface area contributed by atoms with Gasteiger partial charge < -0.3 is 15.4 Å². The fourth-order valence-electron chi connectivity index (χ4n) is 3.05. The molecule has 0 radical (unpaired) electrons. The van der Waals surface area contributed by atoms with Gasteiger partial charge in [0.05, 0.1) is 18.8 Å². The monoisotopic (exact) mass is 369 g/mol. The molecule has 0 spiro atoms. The molecule has 2 aromatic rings. The molecular formula is C19H23N5O3. The maximum atomic E-state index is 12.9. The highest BCUT2D eigenvalue weighted by molar-refractivity contribution is 5.98. The number of nitrogen functional groups attached to an aromatic ring is 1. The van der Waals surface area contributed by atoms with Crippen molar-refractivity contribution in [1.29, 1.82) is 0 Å². The van der Waals surface area contributed by atoms with E-state index in [1.807, 2.05) is 23.1 Å². The molecule has 1 aromatic heterocycles. The number of para-hydroxylation sites is 1. The number of carbonyl (C=O) groups is 2. The van der Waals surface area contributed by atoms with E-state index in [1.165, 1.54) is 4.90 Å². The fraction of sp³-hybridized carbons (Fsp3) is 0.368. The largest absolute Gasteiger partial charge is 0.465 e. The van der Waals surface area contributed by atoms with E-state index in [0.29, 0.717) is 18.8 Å². The van der Waals surface area contributed by atoms with Gasteiger partial charge in [-0.1, -0.05) is 18.2 Å². The van der Waals surface area contributed by atoms with Gasteiger partial charge in [-0.3, -0.25) is 14.5 Å². The second-order valence-electron chi connectivity index (χ2n) is 6.28. The van der Waals surface area contributed by atoms with Crippen molar-refractivity contribution in [3.63, 3.8) is 0 Å². The Balaban J connectivity index is 1.72. The molecule has 142 valence electrons. The molecule has 3 rings (SSSR count). The first-order valence-electron chi connectivity index (χ1n) is 8.90. The van der Waals surface area contributed by atoms with Gasteiger partial charge in [0.15, 0.2) is 0 Å². The number of carbonyl (C=O) groups excluding carboxylic acids is 2. The number of esters is 1. The van der Waals surface area contributed by atoms with Crippen molar-refractivity contribution >= 4 is 23.5 Å². The Kier molecular flexibility index (Phi) is 5.97. The van der Waals surface area contributed by atoms with Crippen LogP contribution in [0.3, 0.4) is 0 Å². The van der Waals surface area contributed by atoms with Crippen molar-refractivity contribution in [2.24, 2.45) is 0 Å². The van der Waals surface area contributed by atoms with Gasteiger partial charge in [0, 0.05) is 25.0 Å². The lowest BCUT2D eigenvalue weighted by Crippen LogP contribution is -2.44. The lowest BCUT2D eigenvalue weighted by Gasteiger charge is -2.30. The van der Waals surface area contributed by atoms with Crippen LogP contribution in [0.4, 0.5) is 11.6 Å². The minimum Gasteiger partial charge on any atom is -0.465 e. The number of anilines is 2. The molecule has 8 nitrogen and oxygen atoms in total. The lowest BCUT2D eigenvalue weighted by molar-refractivity contribution is -0.142. The van der Waals surface area contributed by atoms with Crippen LogP contribution in [0, 0.1) is 0 Å². The van der Waals surface area contributed by atoms with Crippen molar-refractivity contribution < 1.29 is 14.3 Å². The summed E-state index contributed by atoms with van der Waals surface area (Å²) in [5.74, 6) is -0.367. The summed E-state index contributed by atoms with van der Waals surface area (Å²) in [4.78, 5) is 36.7. The number of benzene rings is 1. The van der Waals surface area contributed by atoms with Gasteiger partial charge in [-0.15, -0.1) is 0 Å². The van der Waals surface area contributed by atoms with Crippen LogP contribution in [0.25, 0.3) is 0 Å². The highest BCUT2D eigenvalue weighted by Gasteiger charge is 2.25. The Morgan fingerprint density at radius 2 is 2.07 bits per heavy atom. The van der Waals surface area contributed by atoms with E-state index in [1.54, 1.807) is 25.3 Å². The van der Waals surface area contributed by atoms with E-state index in [4.69, 9.17) is 10.5 Å². The van der Waals surface area contributed by atoms with E-state index in [9.17, 15) is 9.59 Å². The SMILES string of the molecule is CCOC(=O)CN(C(=O)CN1CCc2cnc(N)nc2C1)c1ccccc1. The van der Waals surface area contributed by atoms with Gasteiger partial charge in [0.25, 0.3) is 0 Å². The number of hydrogen-bond acceptors (Lipinski definition) is 7. The van der Waals surface area contributed by atoms with Crippen molar-refractivity contribution in [3.8, 4) is 0 Å². The van der Waals surface area contributed by atoms with Crippen LogP contribution < -0.4 is 10.6 Å². The summed E-state index contributed by atoms with van der Waals surface area (Å²) >= 11 is 0. The predicted molar refractivity (Wildman–Crippen MR) is 101 cm³/mol. The topological polar surface area (TPSA) is 102 Å². The highest BCUT2D eigenvalue weighted by Crippen LogP contribution is 2.18. The molecule has 1 aliphatic rings. The summed E-state index contributed by atoms with van der Waals surface area (Å²) < 4.78 is 5.02. The van der Waals surface area contributed by atoms with Crippen LogP contribution in [0.2, 0.25) is 0 Å². The lowest BCUT2D eigenvalue weighted by atomic mass is 10.1. The Morgan fingerprint density at radius 3 is 2.81 bits per heavy atom. The summed E-state index contributed by atoms with van der Waals surface area (Å²) in [5, 5.41) is 0. The smallest absolute Gasteiger partial charge is 0.326 e. The number of ether oxygens (including phenoxy) is 1. The standard InChI is InChI=1S/C19H23N5O3/c1-2-27-18(26)13-24(15-6-4-3-5-7-15)17(25)12-23-9-8-14-10-21-19(20)22-16(14)11-23/h3-7,10H,2,8-9,11-13H2,1H3,(H2,20,21,22). The van der Waals surface area contributed by atoms with E-state index >= 15 is 0 Å². The summed E-state index contributed by atoms with van der Waals surface area (Å²) in [5.41, 5.74) is 8.24. The van der Waals surface area contributed by atoms with Gasteiger partial charge in [0.2, 0.25) is 11.9 Å². The van der Waals surface area contributed by atoms with Crippen LogP contribution in [0.5, 0.6) is 0 Å². The van der Waals surface area contributed by atoms with Crippen molar-refractivity contribution in [1.82, 2.24) is 14.9 Å². The van der Waals surface area contributed by atoms with E-state index in [-0.39, 0.29) is 31.6 Å². The number of nitrogens with two attached hydrogens (primary N) is 1. The first-order valence-corrected chi connectivity index (χ1v) is 8.90. The van der Waals surface area contributed by atoms with Crippen molar-refractivity contribution in [3.05, 3.63) is 47.8 Å². The van der Waals surface area contributed by atoms with Crippen LogP contribution in [-0.2, 0) is 27.3 Å². The molecular weight excluding hydrogens is 346 g/mol. The molecule has 0 fully saturated rings. The summed E-state index contributed by atoms with van der Waals surface area (Å²) in [7, 11) is 0. The third-order valence-corrected chi connectivity index (χ3v) is 4.36. The first-order chi connectivity index (χ1) is 13.1. The quantitative estimate of drug-likeness (QED) is 0.758. The van der Waals surface area contributed by atoms with E-state index in [2.05, 4.69) is 9.97 Å². The first kappa shape index (κ1) is 18.8. The number of rotatable bonds is 6. The average molecular weight is 369 g/mol. The normalized spacial score (nSPS) is 13.7. The summed E-state index contributed by atoms with van der Waals surface area (Å²) in [6, 6.07) is 9.13. The molecule has 0 saturated heterocycles. The number of aromatic nitrogens is 2. The molecule has 27 heavy (non-hydrogen) atoms. The van der Waals surface area contributed by atoms with Gasteiger partial charge in [-0.25, -0.2) is 9.97 Å². The minimum atomic E-state index is -0.431. The molecule has 8 heteroatoms. The zero-order valence-corrected chi connectivity index (χ0v) is 15.3. The van der Waals surface area contributed by atoms with E-state index < -0.39 is 5.97 Å². The van der Waals surface area contributed by atoms with Crippen LogP contribution in [0.1, 0.15) is 18.2 Å². The number of amides is 1. The van der Waals surface area contributed by atoms with Crippen molar-refractivity contribution in [2.45, 2.75) is 19.9 Å². The zero-order valence-electron chi connectivity index (χ0n) is 15.3. The number of nitrogens with zero attached hydrogens (tertiary/aromatic N) is 4. The molecule has 0 atom stereocenters. The number of hydrogen-bond donors (Lipinski definition) is 1. The molecule has 0 saturated carbocycles. The van der Waals surface area contributed by atoms with Gasteiger partial charge in [-0.2, -0.15) is 0 Å². The highest BCUT2D eigenvalue weighted by atomic mass is 16.5. The molecule has 1 amide bonds. The fourth-order valence-corrected chi connectivity index (χ4v) is 3.05. The molecule has 0 aliphatic carbocycles. The average Bonchev–Trinajstić information content (AvgIpc) is 2.66. The molecule has 0 unspecified atom stereocenters. The van der Waals surface area contributed by atoms with Gasteiger partial charge >= 0.3 is 5.97 Å². The molecule has 1 aliphatic heterocycles. The summed E-state index contributed by atoms with van der Waals surface area (Å²) in [6.45, 7) is 3.32. The van der Waals surface area contributed by atoms with Crippen molar-refractivity contribution in [2.75, 3.05) is 36.9 Å². The Hall–Kier alpha value is -3.00. The van der Waals surface area contributed by atoms with Gasteiger partial charge in [0.1, 0.15) is 6.54 Å². The van der Waals surface area contributed by atoms with Crippen LogP contribution in [-0.4, -0.2) is 53.0 Å². The second kappa shape index (κ2) is 8.59. The maximum absolute atomic E-state index is 12.9. The maximum Gasteiger partial charge on any atom is 0.326 e. The zero-order chi connectivity index (χ0) is 19.2. The molecule has 2 N–H and O–H groups in total. The Bertz CT molecular complexity index is 812. The van der Waals surface area contributed by atoms with Gasteiger partial charge in [-0.05, 0) is 31.0 Å². The Labute approximate surface area is 158 Å².